The van der Waals surface area contributed by atoms with E-state index in [1.54, 1.807) is 24.1 Å². The molecule has 0 aromatic carbocycles. The molecule has 16 heavy (non-hydrogen) atoms. The molecule has 0 saturated heterocycles. The summed E-state index contributed by atoms with van der Waals surface area (Å²) < 4.78 is 0. The number of rotatable bonds is 4. The zero-order chi connectivity index (χ0) is 12.1. The molecule has 0 radical (unpaired) electrons. The molecule has 0 unspecified atom stereocenters. The van der Waals surface area contributed by atoms with Crippen molar-refractivity contribution in [3.05, 3.63) is 23.9 Å². The van der Waals surface area contributed by atoms with Crippen molar-refractivity contribution in [3.63, 3.8) is 0 Å². The van der Waals surface area contributed by atoms with Gasteiger partial charge in [0.05, 0.1) is 6.54 Å². The van der Waals surface area contributed by atoms with Crippen LogP contribution in [0.3, 0.4) is 0 Å². The molecule has 0 fully saturated rings. The predicted octanol–water partition coefficient (Wildman–Crippen LogP) is -0.0380. The van der Waals surface area contributed by atoms with E-state index in [0.717, 1.165) is 0 Å². The molecule has 0 atom stereocenters. The Morgan fingerprint density at radius 2 is 2.19 bits per heavy atom. The van der Waals surface area contributed by atoms with E-state index in [1.165, 1.54) is 13.1 Å². The first-order valence-corrected chi connectivity index (χ1v) is 4.66. The maximum Gasteiger partial charge on any atom is 0.354 e. The zero-order valence-corrected chi connectivity index (χ0v) is 9.10. The molecular weight excluding hydrogens is 210 g/mol. The lowest BCUT2D eigenvalue weighted by Crippen LogP contribution is -2.33. The van der Waals surface area contributed by atoms with Gasteiger partial charge in [-0.15, -0.1) is 0 Å². The Hall–Kier alpha value is -2.11. The summed E-state index contributed by atoms with van der Waals surface area (Å²) in [5, 5.41) is 11.2. The lowest BCUT2D eigenvalue weighted by Gasteiger charge is -2.16. The highest BCUT2D eigenvalue weighted by Crippen LogP contribution is 2.09. The first kappa shape index (κ1) is 12.0. The first-order chi connectivity index (χ1) is 7.54. The number of anilines is 1. The van der Waals surface area contributed by atoms with Crippen molar-refractivity contribution in [3.8, 4) is 0 Å². The van der Waals surface area contributed by atoms with Crippen molar-refractivity contribution in [1.29, 1.82) is 0 Å². The van der Waals surface area contributed by atoms with Crippen molar-refractivity contribution in [2.24, 2.45) is 0 Å². The van der Waals surface area contributed by atoms with Crippen molar-refractivity contribution in [2.45, 2.75) is 0 Å². The summed E-state index contributed by atoms with van der Waals surface area (Å²) in [7, 11) is 3.21. The number of aromatic nitrogens is 1. The second-order valence-electron chi connectivity index (χ2n) is 3.22. The van der Waals surface area contributed by atoms with Crippen LogP contribution >= 0.6 is 0 Å². The number of carboxylic acid groups (broad SMARTS) is 1. The number of carboxylic acids is 1. The molecule has 1 amide bonds. The number of amides is 1. The molecule has 0 spiro atoms. The van der Waals surface area contributed by atoms with E-state index in [0.29, 0.717) is 5.82 Å². The van der Waals surface area contributed by atoms with Gasteiger partial charge in [-0.25, -0.2) is 9.78 Å². The fraction of sp³-hybridized carbons (Fsp3) is 0.300. The Labute approximate surface area is 92.9 Å². The van der Waals surface area contributed by atoms with Crippen LogP contribution in [0, 0.1) is 0 Å². The molecule has 0 bridgehead atoms. The van der Waals surface area contributed by atoms with E-state index in [4.69, 9.17) is 5.11 Å². The van der Waals surface area contributed by atoms with Crippen LogP contribution in [-0.2, 0) is 4.79 Å². The number of nitrogens with one attached hydrogen (secondary N) is 1. The quantitative estimate of drug-likeness (QED) is 0.748. The number of pyridine rings is 1. The monoisotopic (exact) mass is 223 g/mol. The highest BCUT2D eigenvalue weighted by atomic mass is 16.4. The van der Waals surface area contributed by atoms with Gasteiger partial charge in [-0.05, 0) is 12.1 Å². The van der Waals surface area contributed by atoms with Crippen LogP contribution in [0.2, 0.25) is 0 Å². The van der Waals surface area contributed by atoms with Gasteiger partial charge >= 0.3 is 5.97 Å². The van der Waals surface area contributed by atoms with Crippen LogP contribution < -0.4 is 10.2 Å². The van der Waals surface area contributed by atoms with Gasteiger partial charge in [0.15, 0.2) is 5.69 Å². The lowest BCUT2D eigenvalue weighted by molar-refractivity contribution is -0.119. The summed E-state index contributed by atoms with van der Waals surface area (Å²) >= 11 is 0. The summed E-state index contributed by atoms with van der Waals surface area (Å²) in [6.45, 7) is 0.132. The summed E-state index contributed by atoms with van der Waals surface area (Å²) in [6.07, 6.45) is 0. The van der Waals surface area contributed by atoms with Crippen LogP contribution in [0.25, 0.3) is 0 Å². The van der Waals surface area contributed by atoms with Gasteiger partial charge in [-0.2, -0.15) is 0 Å². The van der Waals surface area contributed by atoms with Crippen LogP contribution in [0.5, 0.6) is 0 Å². The van der Waals surface area contributed by atoms with E-state index >= 15 is 0 Å². The SMILES string of the molecule is CNC(=O)CN(C)c1cccc(C(=O)O)n1. The van der Waals surface area contributed by atoms with E-state index in [9.17, 15) is 9.59 Å². The molecular formula is C10H13N3O3. The standard InChI is InChI=1S/C10H13N3O3/c1-11-9(14)6-13(2)8-5-3-4-7(12-8)10(15)16/h3-5H,6H2,1-2H3,(H,11,14)(H,15,16). The number of carbonyl (C=O) groups is 2. The minimum atomic E-state index is -1.09. The molecule has 1 heterocycles. The van der Waals surface area contributed by atoms with Gasteiger partial charge in [0, 0.05) is 14.1 Å². The van der Waals surface area contributed by atoms with Crippen molar-refractivity contribution < 1.29 is 14.7 Å². The third kappa shape index (κ3) is 2.94. The molecule has 6 heteroatoms. The topological polar surface area (TPSA) is 82.5 Å². The highest BCUT2D eigenvalue weighted by molar-refractivity contribution is 5.86. The average molecular weight is 223 g/mol. The molecule has 0 aliphatic carbocycles. The van der Waals surface area contributed by atoms with Crippen LogP contribution in [0.1, 0.15) is 10.5 Å². The summed E-state index contributed by atoms with van der Waals surface area (Å²) in [5.74, 6) is -0.802. The van der Waals surface area contributed by atoms with E-state index < -0.39 is 5.97 Å². The average Bonchev–Trinajstić information content (AvgIpc) is 2.28. The molecule has 0 saturated carbocycles. The van der Waals surface area contributed by atoms with Gasteiger partial charge in [0.25, 0.3) is 0 Å². The zero-order valence-electron chi connectivity index (χ0n) is 9.10. The van der Waals surface area contributed by atoms with Crippen LogP contribution in [0.15, 0.2) is 18.2 Å². The number of nitrogens with zero attached hydrogens (tertiary/aromatic N) is 2. The molecule has 6 nitrogen and oxygen atoms in total. The smallest absolute Gasteiger partial charge is 0.354 e. The number of carbonyl (C=O) groups excluding carboxylic acids is 1. The van der Waals surface area contributed by atoms with E-state index in [-0.39, 0.29) is 18.1 Å². The Balaban J connectivity index is 2.83. The Bertz CT molecular complexity index is 406. The fourth-order valence-corrected chi connectivity index (χ4v) is 1.13. The lowest BCUT2D eigenvalue weighted by atomic mass is 10.3. The third-order valence-electron chi connectivity index (χ3n) is 2.00. The van der Waals surface area contributed by atoms with Crippen molar-refractivity contribution >= 4 is 17.7 Å². The number of likely N-dealkylation sites (N-methyl/N-ethyl adjacent to an activating group) is 2. The second kappa shape index (κ2) is 5.11. The van der Waals surface area contributed by atoms with Crippen molar-refractivity contribution in [1.82, 2.24) is 10.3 Å². The van der Waals surface area contributed by atoms with E-state index in [1.807, 2.05) is 0 Å². The van der Waals surface area contributed by atoms with Crippen LogP contribution in [0.4, 0.5) is 5.82 Å². The highest BCUT2D eigenvalue weighted by Gasteiger charge is 2.10. The van der Waals surface area contributed by atoms with Crippen molar-refractivity contribution in [2.75, 3.05) is 25.5 Å². The van der Waals surface area contributed by atoms with Gasteiger partial charge in [-0.3, -0.25) is 4.79 Å². The van der Waals surface area contributed by atoms with Gasteiger partial charge in [0.2, 0.25) is 5.91 Å². The summed E-state index contributed by atoms with van der Waals surface area (Å²) in [4.78, 5) is 27.3. The summed E-state index contributed by atoms with van der Waals surface area (Å²) in [6, 6.07) is 4.64. The molecule has 1 rings (SSSR count). The predicted molar refractivity (Wildman–Crippen MR) is 58.5 cm³/mol. The molecule has 2 N–H and O–H groups in total. The normalized spacial score (nSPS) is 9.62. The molecule has 86 valence electrons. The molecule has 1 aromatic heterocycles. The Morgan fingerprint density at radius 1 is 1.50 bits per heavy atom. The van der Waals surface area contributed by atoms with Gasteiger partial charge in [0.1, 0.15) is 5.82 Å². The third-order valence-corrected chi connectivity index (χ3v) is 2.00. The van der Waals surface area contributed by atoms with Gasteiger partial charge in [-0.1, -0.05) is 6.07 Å². The van der Waals surface area contributed by atoms with Crippen LogP contribution in [-0.4, -0.2) is 42.6 Å². The maximum absolute atomic E-state index is 11.1. The molecule has 1 aromatic rings. The second-order valence-corrected chi connectivity index (χ2v) is 3.22. The minimum absolute atomic E-state index is 0.0405. The summed E-state index contributed by atoms with van der Waals surface area (Å²) in [5.41, 5.74) is -0.0405. The minimum Gasteiger partial charge on any atom is -0.477 e. The molecule has 0 aliphatic heterocycles. The number of hydrogen-bond acceptors (Lipinski definition) is 4. The fourth-order valence-electron chi connectivity index (χ4n) is 1.13. The van der Waals surface area contributed by atoms with E-state index in [2.05, 4.69) is 10.3 Å². The maximum atomic E-state index is 11.1. The number of aromatic carboxylic acids is 1. The Kier molecular flexibility index (Phi) is 3.82. The first-order valence-electron chi connectivity index (χ1n) is 4.66. The Morgan fingerprint density at radius 3 is 2.75 bits per heavy atom. The van der Waals surface area contributed by atoms with Gasteiger partial charge < -0.3 is 15.3 Å². The molecule has 0 aliphatic rings. The largest absolute Gasteiger partial charge is 0.477 e. The number of hydrogen-bond donors (Lipinski definition) is 2.